The summed E-state index contributed by atoms with van der Waals surface area (Å²) < 4.78 is 33.5. The molecule has 39 heavy (non-hydrogen) atoms. The van der Waals surface area contributed by atoms with E-state index >= 15 is 0 Å². The standard InChI is InChI=1S/C26H25ClF2N4O6/c1-26(2,38)9-21(35)32-14-33(22(36)11-34)20-7-15(3-6-19(20)32)10-31-13-30-24(23(27)25(31)37)39-12-16-4-5-17(28)8-18(16)29/h3-8,13,34,38H,9-12,14H2,1-2H3. The molecule has 0 spiro atoms. The van der Waals surface area contributed by atoms with Crippen molar-refractivity contribution >= 4 is 34.8 Å². The lowest BCUT2D eigenvalue weighted by Crippen LogP contribution is -2.41. The van der Waals surface area contributed by atoms with E-state index in [0.29, 0.717) is 23.0 Å². The van der Waals surface area contributed by atoms with Crippen molar-refractivity contribution in [3.05, 3.63) is 80.9 Å². The molecule has 3 aromatic rings. The zero-order valence-corrected chi connectivity index (χ0v) is 21.8. The van der Waals surface area contributed by atoms with Gasteiger partial charge in [0.1, 0.15) is 37.8 Å². The number of carbonyl (C=O) groups is 2. The molecule has 2 amide bonds. The summed E-state index contributed by atoms with van der Waals surface area (Å²) in [5.41, 5.74) is -0.537. The predicted molar refractivity (Wildman–Crippen MR) is 138 cm³/mol. The fraction of sp³-hybridized carbons (Fsp3) is 0.308. The Morgan fingerprint density at radius 3 is 2.49 bits per heavy atom. The van der Waals surface area contributed by atoms with Crippen molar-refractivity contribution < 1.29 is 33.3 Å². The third-order valence-corrected chi connectivity index (χ3v) is 6.23. The highest BCUT2D eigenvalue weighted by Gasteiger charge is 2.35. The highest BCUT2D eigenvalue weighted by Crippen LogP contribution is 2.38. The van der Waals surface area contributed by atoms with E-state index in [1.165, 1.54) is 40.6 Å². The van der Waals surface area contributed by atoms with E-state index < -0.39 is 41.2 Å². The molecular weight excluding hydrogens is 538 g/mol. The lowest BCUT2D eigenvalue weighted by molar-refractivity contribution is -0.122. The first-order chi connectivity index (χ1) is 18.4. The first kappa shape index (κ1) is 28.1. The van der Waals surface area contributed by atoms with Gasteiger partial charge in [0.05, 0.1) is 29.9 Å². The molecule has 1 aromatic heterocycles. The monoisotopic (exact) mass is 562 g/mol. The van der Waals surface area contributed by atoms with Crippen LogP contribution in [0.4, 0.5) is 20.2 Å². The summed E-state index contributed by atoms with van der Waals surface area (Å²) >= 11 is 6.16. The number of aromatic nitrogens is 2. The summed E-state index contributed by atoms with van der Waals surface area (Å²) in [5, 5.41) is 19.1. The maximum Gasteiger partial charge on any atom is 0.276 e. The molecule has 1 aliphatic heterocycles. The highest BCUT2D eigenvalue weighted by atomic mass is 35.5. The van der Waals surface area contributed by atoms with Gasteiger partial charge in [-0.1, -0.05) is 17.7 Å². The van der Waals surface area contributed by atoms with Gasteiger partial charge in [-0.15, -0.1) is 0 Å². The molecular formula is C26H25ClF2N4O6. The van der Waals surface area contributed by atoms with E-state index in [2.05, 4.69) is 4.98 Å². The van der Waals surface area contributed by atoms with Gasteiger partial charge in [-0.25, -0.2) is 13.8 Å². The van der Waals surface area contributed by atoms with Crippen LogP contribution in [0.25, 0.3) is 0 Å². The van der Waals surface area contributed by atoms with Crippen LogP contribution in [0.5, 0.6) is 5.88 Å². The number of benzene rings is 2. The van der Waals surface area contributed by atoms with Gasteiger partial charge in [0.25, 0.3) is 11.5 Å². The fourth-order valence-electron chi connectivity index (χ4n) is 4.03. The van der Waals surface area contributed by atoms with Crippen LogP contribution in [-0.2, 0) is 22.7 Å². The summed E-state index contributed by atoms with van der Waals surface area (Å²) in [7, 11) is 0. The first-order valence-corrected chi connectivity index (χ1v) is 12.1. The number of ether oxygens (including phenoxy) is 1. The summed E-state index contributed by atoms with van der Waals surface area (Å²) in [4.78, 5) is 44.6. The van der Waals surface area contributed by atoms with Crippen molar-refractivity contribution in [2.24, 2.45) is 0 Å². The van der Waals surface area contributed by atoms with Crippen molar-refractivity contribution in [1.29, 1.82) is 0 Å². The molecule has 4 rings (SSSR count). The molecule has 0 atom stereocenters. The quantitative estimate of drug-likeness (QED) is 0.432. The van der Waals surface area contributed by atoms with Crippen molar-refractivity contribution in [2.75, 3.05) is 23.1 Å². The Labute approximate surface area is 226 Å². The van der Waals surface area contributed by atoms with Gasteiger partial charge >= 0.3 is 0 Å². The highest BCUT2D eigenvalue weighted by molar-refractivity contribution is 6.31. The van der Waals surface area contributed by atoms with Crippen molar-refractivity contribution in [3.8, 4) is 5.88 Å². The smallest absolute Gasteiger partial charge is 0.276 e. The summed E-state index contributed by atoms with van der Waals surface area (Å²) in [6.07, 6.45) is 1.00. The molecule has 0 unspecified atom stereocenters. The SMILES string of the molecule is CC(C)(O)CC(=O)N1CN(C(=O)CO)c2cc(Cn3cnc(OCc4ccc(F)cc4F)c(Cl)c3=O)ccc21. The van der Waals surface area contributed by atoms with Crippen LogP contribution < -0.4 is 20.1 Å². The molecule has 0 radical (unpaired) electrons. The molecule has 2 N–H and O–H groups in total. The van der Waals surface area contributed by atoms with Crippen LogP contribution in [0, 0.1) is 11.6 Å². The number of aliphatic hydroxyl groups is 2. The molecule has 10 nitrogen and oxygen atoms in total. The van der Waals surface area contributed by atoms with Gasteiger partial charge in [-0.05, 0) is 43.7 Å². The van der Waals surface area contributed by atoms with Crippen LogP contribution in [0.3, 0.4) is 0 Å². The number of hydrogen-bond donors (Lipinski definition) is 2. The Bertz CT molecular complexity index is 1490. The van der Waals surface area contributed by atoms with Gasteiger partial charge in [0, 0.05) is 11.6 Å². The van der Waals surface area contributed by atoms with Crippen LogP contribution in [-0.4, -0.2) is 50.5 Å². The third kappa shape index (κ3) is 6.24. The molecule has 13 heteroatoms. The first-order valence-electron chi connectivity index (χ1n) is 11.8. The number of amides is 2. The maximum absolute atomic E-state index is 13.9. The van der Waals surface area contributed by atoms with Gasteiger partial charge in [-0.3, -0.25) is 28.8 Å². The van der Waals surface area contributed by atoms with Gasteiger partial charge < -0.3 is 14.9 Å². The Morgan fingerprint density at radius 2 is 1.82 bits per heavy atom. The number of nitrogens with zero attached hydrogens (tertiary/aromatic N) is 4. The lowest BCUT2D eigenvalue weighted by atomic mass is 10.0. The second kappa shape index (κ2) is 11.1. The normalized spacial score (nSPS) is 13.0. The van der Waals surface area contributed by atoms with Crippen molar-refractivity contribution in [2.45, 2.75) is 39.0 Å². The van der Waals surface area contributed by atoms with Gasteiger partial charge in [0.2, 0.25) is 11.8 Å². The van der Waals surface area contributed by atoms with E-state index in [-0.39, 0.29) is 42.7 Å². The maximum atomic E-state index is 13.9. The number of halogens is 3. The van der Waals surface area contributed by atoms with Crippen LogP contribution in [0.15, 0.2) is 47.5 Å². The van der Waals surface area contributed by atoms with Crippen LogP contribution >= 0.6 is 11.6 Å². The third-order valence-electron chi connectivity index (χ3n) is 5.91. The van der Waals surface area contributed by atoms with E-state index in [1.54, 1.807) is 18.2 Å². The van der Waals surface area contributed by atoms with E-state index in [0.717, 1.165) is 6.07 Å². The fourth-order valence-corrected chi connectivity index (χ4v) is 4.24. The second-order valence-electron chi connectivity index (χ2n) is 9.58. The molecule has 0 aliphatic carbocycles. The van der Waals surface area contributed by atoms with E-state index in [1.807, 2.05) is 0 Å². The van der Waals surface area contributed by atoms with E-state index in [4.69, 9.17) is 16.3 Å². The largest absolute Gasteiger partial charge is 0.471 e. The Morgan fingerprint density at radius 1 is 1.10 bits per heavy atom. The topological polar surface area (TPSA) is 125 Å². The number of aliphatic hydroxyl groups excluding tert-OH is 1. The molecule has 2 heterocycles. The molecule has 0 saturated carbocycles. The average Bonchev–Trinajstić information content (AvgIpc) is 3.25. The Balaban J connectivity index is 1.56. The number of fused-ring (bicyclic) bond motifs is 1. The zero-order chi connectivity index (χ0) is 28.5. The molecule has 1 aliphatic rings. The number of anilines is 2. The molecule has 0 saturated heterocycles. The summed E-state index contributed by atoms with van der Waals surface area (Å²) in [6, 6.07) is 7.84. The van der Waals surface area contributed by atoms with Gasteiger partial charge in [0.15, 0.2) is 5.02 Å². The summed E-state index contributed by atoms with van der Waals surface area (Å²) in [6.45, 7) is 1.74. The zero-order valence-electron chi connectivity index (χ0n) is 21.0. The van der Waals surface area contributed by atoms with Crippen molar-refractivity contribution in [1.82, 2.24) is 9.55 Å². The predicted octanol–water partition coefficient (Wildman–Crippen LogP) is 2.59. The molecule has 0 fully saturated rings. The minimum absolute atomic E-state index is 0.00945. The minimum atomic E-state index is -1.26. The lowest BCUT2D eigenvalue weighted by Gasteiger charge is -2.22. The minimum Gasteiger partial charge on any atom is -0.471 e. The van der Waals surface area contributed by atoms with Crippen molar-refractivity contribution in [3.63, 3.8) is 0 Å². The molecule has 0 bridgehead atoms. The average molecular weight is 563 g/mol. The molecule has 2 aromatic carbocycles. The van der Waals surface area contributed by atoms with E-state index in [9.17, 15) is 33.4 Å². The Hall–Kier alpha value is -3.87. The number of carbonyl (C=O) groups excluding carboxylic acids is 2. The molecule has 206 valence electrons. The van der Waals surface area contributed by atoms with Crippen LogP contribution in [0.1, 0.15) is 31.4 Å². The number of hydrogen-bond acceptors (Lipinski definition) is 7. The summed E-state index contributed by atoms with van der Waals surface area (Å²) in [5.74, 6) is -2.82. The second-order valence-corrected chi connectivity index (χ2v) is 9.95. The van der Waals surface area contributed by atoms with Gasteiger partial charge in [-0.2, -0.15) is 0 Å². The Kier molecular flexibility index (Phi) is 8.00. The number of rotatable bonds is 8. The van der Waals surface area contributed by atoms with Crippen LogP contribution in [0.2, 0.25) is 5.02 Å².